The molecule has 0 saturated heterocycles. The van der Waals surface area contributed by atoms with Crippen LogP contribution in [0.1, 0.15) is 33.6 Å². The largest absolute Gasteiger partial charge is 0.380 e. The minimum Gasteiger partial charge on any atom is -0.380 e. The minimum atomic E-state index is 0.613. The van der Waals surface area contributed by atoms with Crippen LogP contribution in [0.3, 0.4) is 0 Å². The number of rotatable bonds is 9. The average Bonchev–Trinajstić information content (AvgIpc) is 2.15. The summed E-state index contributed by atoms with van der Waals surface area (Å²) in [6, 6.07) is 0.613. The number of unbranched alkanes of at least 4 members (excludes halogenated alkanes) is 1. The molecule has 0 spiro atoms. The predicted molar refractivity (Wildman–Crippen MR) is 66.2 cm³/mol. The van der Waals surface area contributed by atoms with Gasteiger partial charge in [-0.3, -0.25) is 4.90 Å². The van der Waals surface area contributed by atoms with Gasteiger partial charge in [0.05, 0.1) is 6.61 Å². The molecule has 0 aliphatic heterocycles. The lowest BCUT2D eigenvalue weighted by Crippen LogP contribution is -2.35. The number of hydrogen-bond acceptors (Lipinski definition) is 2. The zero-order chi connectivity index (χ0) is 10.8. The molecule has 14 heavy (non-hydrogen) atoms. The van der Waals surface area contributed by atoms with Gasteiger partial charge in [-0.15, -0.1) is 0 Å². The van der Waals surface area contributed by atoms with E-state index in [1.807, 2.05) is 0 Å². The first-order valence-electron chi connectivity index (χ1n) is 5.60. The third-order valence-corrected chi connectivity index (χ3v) is 2.62. The molecule has 0 atom stereocenters. The molecule has 0 radical (unpaired) electrons. The van der Waals surface area contributed by atoms with E-state index in [0.29, 0.717) is 6.04 Å². The molecule has 0 aromatic heterocycles. The van der Waals surface area contributed by atoms with Crippen molar-refractivity contribution >= 4 is 15.9 Å². The first-order valence-corrected chi connectivity index (χ1v) is 6.72. The lowest BCUT2D eigenvalue weighted by Gasteiger charge is -2.25. The van der Waals surface area contributed by atoms with Gasteiger partial charge in [0.25, 0.3) is 0 Å². The van der Waals surface area contributed by atoms with E-state index in [0.717, 1.165) is 31.6 Å². The SMILES string of the molecule is CCCCOCCN(CCBr)C(C)C. The highest BCUT2D eigenvalue weighted by molar-refractivity contribution is 9.09. The quantitative estimate of drug-likeness (QED) is 0.470. The van der Waals surface area contributed by atoms with Crippen LogP contribution < -0.4 is 0 Å². The molecule has 0 aromatic rings. The molecule has 0 aliphatic carbocycles. The fraction of sp³-hybridized carbons (Fsp3) is 1.00. The second-order valence-corrected chi connectivity index (χ2v) is 4.58. The molecule has 0 N–H and O–H groups in total. The van der Waals surface area contributed by atoms with Gasteiger partial charge < -0.3 is 4.74 Å². The van der Waals surface area contributed by atoms with E-state index in [-0.39, 0.29) is 0 Å². The highest BCUT2D eigenvalue weighted by Gasteiger charge is 2.07. The Kier molecular flexibility index (Phi) is 10.2. The van der Waals surface area contributed by atoms with Crippen LogP contribution in [-0.2, 0) is 4.74 Å². The van der Waals surface area contributed by atoms with Crippen molar-refractivity contribution in [3.05, 3.63) is 0 Å². The maximum absolute atomic E-state index is 5.54. The van der Waals surface area contributed by atoms with Crippen molar-refractivity contribution in [1.29, 1.82) is 0 Å². The molecular weight excluding hydrogens is 242 g/mol. The van der Waals surface area contributed by atoms with Crippen molar-refractivity contribution in [2.24, 2.45) is 0 Å². The Hall–Kier alpha value is 0.400. The molecular formula is C11H24BrNO. The summed E-state index contributed by atoms with van der Waals surface area (Å²) in [6.45, 7) is 10.6. The summed E-state index contributed by atoms with van der Waals surface area (Å²) >= 11 is 3.47. The first kappa shape index (κ1) is 14.4. The van der Waals surface area contributed by atoms with E-state index in [9.17, 15) is 0 Å². The van der Waals surface area contributed by atoms with Gasteiger partial charge in [-0.05, 0) is 20.3 Å². The normalized spacial score (nSPS) is 11.6. The average molecular weight is 266 g/mol. The zero-order valence-electron chi connectivity index (χ0n) is 9.76. The molecule has 0 aromatic carbocycles. The Morgan fingerprint density at radius 2 is 1.93 bits per heavy atom. The lowest BCUT2D eigenvalue weighted by atomic mass is 10.3. The summed E-state index contributed by atoms with van der Waals surface area (Å²) in [5, 5.41) is 1.04. The van der Waals surface area contributed by atoms with Gasteiger partial charge in [-0.2, -0.15) is 0 Å². The molecule has 0 heterocycles. The number of nitrogens with zero attached hydrogens (tertiary/aromatic N) is 1. The molecule has 0 rings (SSSR count). The summed E-state index contributed by atoms with van der Waals surface area (Å²) in [4.78, 5) is 2.43. The van der Waals surface area contributed by atoms with E-state index < -0.39 is 0 Å². The second kappa shape index (κ2) is 9.94. The van der Waals surface area contributed by atoms with Gasteiger partial charge in [-0.25, -0.2) is 0 Å². The van der Waals surface area contributed by atoms with Crippen molar-refractivity contribution in [3.63, 3.8) is 0 Å². The number of ether oxygens (including phenoxy) is 1. The number of alkyl halides is 1. The third kappa shape index (κ3) is 7.77. The van der Waals surface area contributed by atoms with Crippen LogP contribution in [0.2, 0.25) is 0 Å². The van der Waals surface area contributed by atoms with Gasteiger partial charge in [0, 0.05) is 31.1 Å². The Labute approximate surface area is 97.1 Å². The summed E-state index contributed by atoms with van der Waals surface area (Å²) in [6.07, 6.45) is 2.40. The smallest absolute Gasteiger partial charge is 0.0593 e. The Bertz CT molecular complexity index is 120. The van der Waals surface area contributed by atoms with E-state index in [4.69, 9.17) is 4.74 Å². The van der Waals surface area contributed by atoms with Gasteiger partial charge in [-0.1, -0.05) is 29.3 Å². The summed E-state index contributed by atoms with van der Waals surface area (Å²) < 4.78 is 5.54. The molecule has 0 bridgehead atoms. The van der Waals surface area contributed by atoms with E-state index in [2.05, 4.69) is 41.6 Å². The van der Waals surface area contributed by atoms with Gasteiger partial charge in [0.15, 0.2) is 0 Å². The van der Waals surface area contributed by atoms with E-state index in [1.165, 1.54) is 12.8 Å². The molecule has 0 aliphatic rings. The molecule has 0 unspecified atom stereocenters. The van der Waals surface area contributed by atoms with E-state index in [1.54, 1.807) is 0 Å². The van der Waals surface area contributed by atoms with Crippen LogP contribution >= 0.6 is 15.9 Å². The zero-order valence-corrected chi connectivity index (χ0v) is 11.3. The summed E-state index contributed by atoms with van der Waals surface area (Å²) in [7, 11) is 0. The van der Waals surface area contributed by atoms with Gasteiger partial charge in [0.1, 0.15) is 0 Å². The predicted octanol–water partition coefficient (Wildman–Crippen LogP) is 2.91. The van der Waals surface area contributed by atoms with Gasteiger partial charge in [0.2, 0.25) is 0 Å². The third-order valence-electron chi connectivity index (χ3n) is 2.27. The second-order valence-electron chi connectivity index (χ2n) is 3.78. The topological polar surface area (TPSA) is 12.5 Å². The van der Waals surface area contributed by atoms with Crippen LogP contribution in [-0.4, -0.2) is 42.6 Å². The lowest BCUT2D eigenvalue weighted by molar-refractivity contribution is 0.0937. The van der Waals surface area contributed by atoms with Crippen LogP contribution in [0.25, 0.3) is 0 Å². The van der Waals surface area contributed by atoms with Crippen LogP contribution in [0, 0.1) is 0 Å². The van der Waals surface area contributed by atoms with Crippen LogP contribution in [0.5, 0.6) is 0 Å². The van der Waals surface area contributed by atoms with Crippen molar-refractivity contribution in [2.75, 3.05) is 31.6 Å². The van der Waals surface area contributed by atoms with Crippen LogP contribution in [0.4, 0.5) is 0 Å². The van der Waals surface area contributed by atoms with Crippen LogP contribution in [0.15, 0.2) is 0 Å². The fourth-order valence-corrected chi connectivity index (χ4v) is 1.72. The Balaban J connectivity index is 3.41. The maximum Gasteiger partial charge on any atom is 0.0593 e. The molecule has 86 valence electrons. The van der Waals surface area contributed by atoms with Gasteiger partial charge >= 0.3 is 0 Å². The molecule has 0 fully saturated rings. The Morgan fingerprint density at radius 3 is 2.43 bits per heavy atom. The first-order chi connectivity index (χ1) is 6.72. The van der Waals surface area contributed by atoms with E-state index >= 15 is 0 Å². The van der Waals surface area contributed by atoms with Crippen molar-refractivity contribution in [2.45, 2.75) is 39.7 Å². The summed E-state index contributed by atoms with van der Waals surface area (Å²) in [5.41, 5.74) is 0. The molecule has 2 nitrogen and oxygen atoms in total. The standard InChI is InChI=1S/C11H24BrNO/c1-4-5-9-14-10-8-13(7-6-12)11(2)3/h11H,4-10H2,1-3H3. The maximum atomic E-state index is 5.54. The minimum absolute atomic E-state index is 0.613. The fourth-order valence-electron chi connectivity index (χ4n) is 1.27. The van der Waals surface area contributed by atoms with Crippen molar-refractivity contribution in [1.82, 2.24) is 4.90 Å². The van der Waals surface area contributed by atoms with Crippen molar-refractivity contribution in [3.8, 4) is 0 Å². The van der Waals surface area contributed by atoms with Crippen molar-refractivity contribution < 1.29 is 4.74 Å². The highest BCUT2D eigenvalue weighted by Crippen LogP contribution is 1.99. The Morgan fingerprint density at radius 1 is 1.21 bits per heavy atom. The molecule has 0 amide bonds. The number of halogens is 1. The summed E-state index contributed by atoms with van der Waals surface area (Å²) in [5.74, 6) is 0. The highest BCUT2D eigenvalue weighted by atomic mass is 79.9. The molecule has 0 saturated carbocycles. The number of hydrogen-bond donors (Lipinski definition) is 0. The monoisotopic (exact) mass is 265 g/mol. The molecule has 3 heteroatoms.